The predicted octanol–water partition coefficient (Wildman–Crippen LogP) is 1.89. The molecule has 1 aromatic rings. The Labute approximate surface area is 94.9 Å². The van der Waals surface area contributed by atoms with Gasteiger partial charge in [-0.3, -0.25) is 0 Å². The Balaban J connectivity index is 1.98. The number of aryl methyl sites for hydroxylation is 1. The number of nitrogens with zero attached hydrogens (tertiary/aromatic N) is 1. The molecule has 0 spiro atoms. The maximum atomic E-state index is 5.62. The smallest absolute Gasteiger partial charge is 0.0957 e. The van der Waals surface area contributed by atoms with E-state index in [0.29, 0.717) is 6.10 Å². The van der Waals surface area contributed by atoms with Crippen LogP contribution < -0.4 is 5.32 Å². The second-order valence-corrected chi connectivity index (χ2v) is 5.15. The molecule has 1 saturated heterocycles. The van der Waals surface area contributed by atoms with E-state index in [1.165, 1.54) is 28.4 Å². The Morgan fingerprint density at radius 3 is 3.13 bits per heavy atom. The molecule has 4 heteroatoms. The van der Waals surface area contributed by atoms with E-state index in [9.17, 15) is 0 Å². The Kier molecular flexibility index (Phi) is 3.72. The lowest BCUT2D eigenvalue weighted by molar-refractivity contribution is 0.111. The van der Waals surface area contributed by atoms with Crippen molar-refractivity contribution >= 4 is 11.3 Å². The first-order valence-corrected chi connectivity index (χ1v) is 6.32. The highest BCUT2D eigenvalue weighted by Crippen LogP contribution is 2.23. The summed E-state index contributed by atoms with van der Waals surface area (Å²) in [5, 5.41) is 4.40. The van der Waals surface area contributed by atoms with Crippen molar-refractivity contribution in [2.24, 2.45) is 0 Å². The van der Waals surface area contributed by atoms with Gasteiger partial charge in [-0.1, -0.05) is 0 Å². The summed E-state index contributed by atoms with van der Waals surface area (Å²) in [7, 11) is 1.97. The molecule has 2 rings (SSSR count). The topological polar surface area (TPSA) is 34.1 Å². The molecule has 0 radical (unpaired) electrons. The molecule has 84 valence electrons. The number of aromatic nitrogens is 1. The van der Waals surface area contributed by atoms with E-state index >= 15 is 0 Å². The molecule has 0 aliphatic carbocycles. The average molecular weight is 226 g/mol. The van der Waals surface area contributed by atoms with E-state index in [1.807, 2.05) is 18.4 Å². The van der Waals surface area contributed by atoms with Gasteiger partial charge in [0, 0.05) is 24.4 Å². The van der Waals surface area contributed by atoms with Crippen LogP contribution >= 0.6 is 11.3 Å². The molecule has 1 aliphatic rings. The zero-order valence-electron chi connectivity index (χ0n) is 9.38. The van der Waals surface area contributed by atoms with E-state index < -0.39 is 0 Å². The second kappa shape index (κ2) is 5.05. The second-order valence-electron chi connectivity index (χ2n) is 3.99. The van der Waals surface area contributed by atoms with Crippen LogP contribution in [0.4, 0.5) is 0 Å². The molecule has 1 atom stereocenters. The van der Waals surface area contributed by atoms with Gasteiger partial charge < -0.3 is 10.1 Å². The molecule has 0 bridgehead atoms. The minimum Gasteiger partial charge on any atom is -0.378 e. The van der Waals surface area contributed by atoms with Gasteiger partial charge in [0.05, 0.1) is 16.8 Å². The van der Waals surface area contributed by atoms with Gasteiger partial charge in [0.15, 0.2) is 0 Å². The summed E-state index contributed by atoms with van der Waals surface area (Å²) in [6.45, 7) is 3.94. The van der Waals surface area contributed by atoms with Gasteiger partial charge in [0.25, 0.3) is 0 Å². The molecule has 15 heavy (non-hydrogen) atoms. The SMILES string of the molecule is CNCc1sc(CC2CCCO2)nc1C. The fraction of sp³-hybridized carbons (Fsp3) is 0.727. The van der Waals surface area contributed by atoms with E-state index in [0.717, 1.165) is 19.6 Å². The molecule has 2 heterocycles. The Morgan fingerprint density at radius 2 is 2.47 bits per heavy atom. The first-order chi connectivity index (χ1) is 7.29. The minimum atomic E-state index is 0.415. The molecule has 1 aliphatic heterocycles. The number of nitrogens with one attached hydrogen (secondary N) is 1. The van der Waals surface area contributed by atoms with Crippen molar-refractivity contribution < 1.29 is 4.74 Å². The quantitative estimate of drug-likeness (QED) is 0.851. The zero-order chi connectivity index (χ0) is 10.7. The molecule has 1 unspecified atom stereocenters. The molecule has 1 N–H and O–H groups in total. The monoisotopic (exact) mass is 226 g/mol. The first kappa shape index (κ1) is 11.0. The van der Waals surface area contributed by atoms with E-state index in [-0.39, 0.29) is 0 Å². The normalized spacial score (nSPS) is 21.1. The summed E-state index contributed by atoms with van der Waals surface area (Å²) in [6.07, 6.45) is 3.81. The van der Waals surface area contributed by atoms with Crippen LogP contribution in [0.25, 0.3) is 0 Å². The van der Waals surface area contributed by atoms with Crippen LogP contribution in [-0.2, 0) is 17.7 Å². The summed E-state index contributed by atoms with van der Waals surface area (Å²) in [5.74, 6) is 0. The van der Waals surface area contributed by atoms with Crippen molar-refractivity contribution in [3.63, 3.8) is 0 Å². The van der Waals surface area contributed by atoms with Crippen molar-refractivity contribution in [1.82, 2.24) is 10.3 Å². The lowest BCUT2D eigenvalue weighted by Crippen LogP contribution is -2.08. The largest absolute Gasteiger partial charge is 0.378 e. The first-order valence-electron chi connectivity index (χ1n) is 5.51. The molecule has 1 aromatic heterocycles. The van der Waals surface area contributed by atoms with Crippen molar-refractivity contribution in [3.05, 3.63) is 15.6 Å². The highest BCUT2D eigenvalue weighted by Gasteiger charge is 2.18. The van der Waals surface area contributed by atoms with Crippen LogP contribution in [0, 0.1) is 6.92 Å². The number of rotatable bonds is 4. The Bertz CT molecular complexity index is 318. The number of hydrogen-bond donors (Lipinski definition) is 1. The summed E-state index contributed by atoms with van der Waals surface area (Å²) in [5.41, 5.74) is 1.17. The van der Waals surface area contributed by atoms with Crippen LogP contribution in [0.2, 0.25) is 0 Å². The highest BCUT2D eigenvalue weighted by molar-refractivity contribution is 7.11. The molecular weight excluding hydrogens is 208 g/mol. The summed E-state index contributed by atoms with van der Waals surface area (Å²) >= 11 is 1.82. The molecule has 0 saturated carbocycles. The van der Waals surface area contributed by atoms with Gasteiger partial charge in [0.2, 0.25) is 0 Å². The molecule has 0 amide bonds. The summed E-state index contributed by atoms with van der Waals surface area (Å²) in [4.78, 5) is 5.94. The van der Waals surface area contributed by atoms with Crippen LogP contribution in [0.3, 0.4) is 0 Å². The van der Waals surface area contributed by atoms with Crippen molar-refractivity contribution in [2.45, 2.75) is 38.8 Å². The van der Waals surface area contributed by atoms with E-state index in [1.54, 1.807) is 0 Å². The number of thiazole rings is 1. The average Bonchev–Trinajstić information content (AvgIpc) is 2.79. The van der Waals surface area contributed by atoms with Crippen molar-refractivity contribution in [3.8, 4) is 0 Å². The predicted molar refractivity (Wildman–Crippen MR) is 62.3 cm³/mol. The number of hydrogen-bond acceptors (Lipinski definition) is 4. The van der Waals surface area contributed by atoms with Crippen LogP contribution in [0.15, 0.2) is 0 Å². The van der Waals surface area contributed by atoms with Crippen LogP contribution in [-0.4, -0.2) is 24.7 Å². The highest BCUT2D eigenvalue weighted by atomic mass is 32.1. The summed E-state index contributed by atoms with van der Waals surface area (Å²) < 4.78 is 5.62. The lowest BCUT2D eigenvalue weighted by atomic mass is 10.2. The van der Waals surface area contributed by atoms with Gasteiger partial charge in [0.1, 0.15) is 0 Å². The third-order valence-electron chi connectivity index (χ3n) is 2.70. The van der Waals surface area contributed by atoms with Crippen molar-refractivity contribution in [1.29, 1.82) is 0 Å². The fourth-order valence-corrected chi connectivity index (χ4v) is 3.05. The van der Waals surface area contributed by atoms with Gasteiger partial charge in [-0.25, -0.2) is 4.98 Å². The molecular formula is C11H18N2OS. The maximum absolute atomic E-state index is 5.62. The summed E-state index contributed by atoms with van der Waals surface area (Å²) in [6, 6.07) is 0. The lowest BCUT2D eigenvalue weighted by Gasteiger charge is -2.05. The molecule has 0 aromatic carbocycles. The van der Waals surface area contributed by atoms with Crippen LogP contribution in [0.5, 0.6) is 0 Å². The molecule has 1 fully saturated rings. The minimum absolute atomic E-state index is 0.415. The maximum Gasteiger partial charge on any atom is 0.0957 e. The Morgan fingerprint density at radius 1 is 1.60 bits per heavy atom. The third-order valence-corrected chi connectivity index (χ3v) is 3.88. The number of ether oxygens (including phenoxy) is 1. The third kappa shape index (κ3) is 2.77. The fourth-order valence-electron chi connectivity index (χ4n) is 1.90. The zero-order valence-corrected chi connectivity index (χ0v) is 10.2. The van der Waals surface area contributed by atoms with Gasteiger partial charge >= 0.3 is 0 Å². The Hall–Kier alpha value is -0.450. The van der Waals surface area contributed by atoms with Gasteiger partial charge in [-0.15, -0.1) is 11.3 Å². The van der Waals surface area contributed by atoms with E-state index in [4.69, 9.17) is 4.74 Å². The van der Waals surface area contributed by atoms with E-state index in [2.05, 4.69) is 17.2 Å². The standard InChI is InChI=1S/C11H18N2OS/c1-8-10(7-12-2)15-11(13-8)6-9-4-3-5-14-9/h9,12H,3-7H2,1-2H3. The molecule has 3 nitrogen and oxygen atoms in total. The van der Waals surface area contributed by atoms with Crippen LogP contribution in [0.1, 0.15) is 28.4 Å². The van der Waals surface area contributed by atoms with Gasteiger partial charge in [-0.05, 0) is 26.8 Å². The van der Waals surface area contributed by atoms with Crippen molar-refractivity contribution in [2.75, 3.05) is 13.7 Å². The van der Waals surface area contributed by atoms with Gasteiger partial charge in [-0.2, -0.15) is 0 Å².